The Morgan fingerprint density at radius 3 is 1.78 bits per heavy atom. The summed E-state index contributed by atoms with van der Waals surface area (Å²) >= 11 is 0. The monoisotopic (exact) mass is 348 g/mol. The molecule has 0 atom stereocenters. The molecule has 4 rings (SSSR count). The van der Waals surface area contributed by atoms with Gasteiger partial charge in [0.1, 0.15) is 0 Å². The first-order valence-electron chi connectivity index (χ1n) is 9.55. The number of allylic oxidation sites excluding steroid dienone is 6. The molecule has 0 heterocycles. The van der Waals surface area contributed by atoms with Crippen molar-refractivity contribution in [3.63, 3.8) is 0 Å². The van der Waals surface area contributed by atoms with E-state index in [1.165, 1.54) is 33.4 Å². The molecule has 0 aliphatic heterocycles. The number of hydrogen-bond donors (Lipinski definition) is 0. The van der Waals surface area contributed by atoms with E-state index in [0.717, 1.165) is 0 Å². The highest BCUT2D eigenvalue weighted by Gasteiger charge is 2.46. The first-order chi connectivity index (χ1) is 13.3. The first-order valence-corrected chi connectivity index (χ1v) is 9.55. The molecule has 0 unspecified atom stereocenters. The third kappa shape index (κ3) is 2.61. The standard InChI is InChI=1S/C27H24/c1-3-5-14-21(13-4-2)27(22-15-7-6-8-16-22)25-19-11-9-17-23(25)24-18-10-12-20-26(24)27/h3-20H,1-2H3/b5-3-,13-4-,21-14+. The van der Waals surface area contributed by atoms with E-state index in [-0.39, 0.29) is 5.41 Å². The van der Waals surface area contributed by atoms with Crippen LogP contribution in [0.2, 0.25) is 0 Å². The molecule has 3 aromatic rings. The lowest BCUT2D eigenvalue weighted by atomic mass is 9.67. The second-order valence-corrected chi connectivity index (χ2v) is 6.85. The molecule has 1 aliphatic carbocycles. The molecule has 0 saturated carbocycles. The van der Waals surface area contributed by atoms with Crippen molar-refractivity contribution < 1.29 is 0 Å². The topological polar surface area (TPSA) is 0 Å². The van der Waals surface area contributed by atoms with Crippen LogP contribution in [-0.2, 0) is 5.41 Å². The van der Waals surface area contributed by atoms with Crippen LogP contribution in [-0.4, -0.2) is 0 Å². The zero-order chi connectivity index (χ0) is 18.7. The van der Waals surface area contributed by atoms with Gasteiger partial charge in [-0.25, -0.2) is 0 Å². The lowest BCUT2D eigenvalue weighted by Crippen LogP contribution is -2.29. The molecule has 1 aliphatic rings. The maximum atomic E-state index is 2.29. The van der Waals surface area contributed by atoms with E-state index in [0.29, 0.717) is 0 Å². The fourth-order valence-corrected chi connectivity index (χ4v) is 4.40. The van der Waals surface area contributed by atoms with Crippen LogP contribution in [0.5, 0.6) is 0 Å². The van der Waals surface area contributed by atoms with Crippen molar-refractivity contribution in [2.45, 2.75) is 19.3 Å². The van der Waals surface area contributed by atoms with E-state index in [1.54, 1.807) is 0 Å². The second-order valence-electron chi connectivity index (χ2n) is 6.85. The minimum Gasteiger partial charge on any atom is -0.0877 e. The molecule has 0 bridgehead atoms. The molecule has 0 radical (unpaired) electrons. The average Bonchev–Trinajstić information content (AvgIpc) is 3.03. The van der Waals surface area contributed by atoms with E-state index < -0.39 is 0 Å². The van der Waals surface area contributed by atoms with Gasteiger partial charge in [-0.15, -0.1) is 0 Å². The summed E-state index contributed by atoms with van der Waals surface area (Å²) in [7, 11) is 0. The molecule has 0 nitrogen and oxygen atoms in total. The fraction of sp³-hybridized carbons (Fsp3) is 0.111. The van der Waals surface area contributed by atoms with Crippen molar-refractivity contribution in [1.29, 1.82) is 0 Å². The van der Waals surface area contributed by atoms with E-state index in [9.17, 15) is 0 Å². The van der Waals surface area contributed by atoms with Gasteiger partial charge in [0.25, 0.3) is 0 Å². The van der Waals surface area contributed by atoms with Crippen molar-refractivity contribution in [3.8, 4) is 11.1 Å². The van der Waals surface area contributed by atoms with Gasteiger partial charge in [0.2, 0.25) is 0 Å². The molecule has 0 aromatic heterocycles. The minimum atomic E-state index is -0.305. The van der Waals surface area contributed by atoms with Crippen LogP contribution < -0.4 is 0 Å². The van der Waals surface area contributed by atoms with Crippen LogP contribution in [0.1, 0.15) is 30.5 Å². The van der Waals surface area contributed by atoms with Crippen molar-refractivity contribution in [2.75, 3.05) is 0 Å². The first kappa shape index (κ1) is 17.3. The lowest BCUT2D eigenvalue weighted by molar-refractivity contribution is 0.767. The molecule has 132 valence electrons. The second kappa shape index (κ2) is 7.25. The van der Waals surface area contributed by atoms with Gasteiger partial charge in [0.15, 0.2) is 0 Å². The summed E-state index contributed by atoms with van der Waals surface area (Å²) in [6.45, 7) is 4.16. The van der Waals surface area contributed by atoms with Crippen LogP contribution in [0.25, 0.3) is 11.1 Å². The quantitative estimate of drug-likeness (QED) is 0.442. The van der Waals surface area contributed by atoms with Crippen molar-refractivity contribution >= 4 is 0 Å². The zero-order valence-corrected chi connectivity index (χ0v) is 15.9. The maximum absolute atomic E-state index is 2.29. The molecular formula is C27H24. The van der Waals surface area contributed by atoms with E-state index in [1.807, 2.05) is 0 Å². The summed E-state index contributed by atoms with van der Waals surface area (Å²) in [5.74, 6) is 0. The van der Waals surface area contributed by atoms with Crippen LogP contribution in [0.15, 0.2) is 115 Å². The molecule has 3 aromatic carbocycles. The Labute approximate surface area is 162 Å². The van der Waals surface area contributed by atoms with Gasteiger partial charge in [-0.1, -0.05) is 109 Å². The van der Waals surface area contributed by atoms with Gasteiger partial charge in [0, 0.05) is 0 Å². The van der Waals surface area contributed by atoms with Crippen molar-refractivity contribution in [3.05, 3.63) is 132 Å². The summed E-state index contributed by atoms with van der Waals surface area (Å²) in [4.78, 5) is 0. The Bertz CT molecular complexity index is 987. The largest absolute Gasteiger partial charge is 0.0877 e. The van der Waals surface area contributed by atoms with Crippen molar-refractivity contribution in [2.24, 2.45) is 0 Å². The average molecular weight is 348 g/mol. The third-order valence-corrected chi connectivity index (χ3v) is 5.41. The molecular weight excluding hydrogens is 324 g/mol. The van der Waals surface area contributed by atoms with E-state index in [4.69, 9.17) is 0 Å². The molecule has 0 saturated heterocycles. The highest BCUT2D eigenvalue weighted by molar-refractivity contribution is 5.86. The Morgan fingerprint density at radius 2 is 1.22 bits per heavy atom. The smallest absolute Gasteiger partial charge is 0.0713 e. The molecule has 0 N–H and O–H groups in total. The minimum absolute atomic E-state index is 0.305. The van der Waals surface area contributed by atoms with Crippen LogP contribution in [0.4, 0.5) is 0 Å². The highest BCUT2D eigenvalue weighted by atomic mass is 14.5. The van der Waals surface area contributed by atoms with Gasteiger partial charge in [-0.3, -0.25) is 0 Å². The highest BCUT2D eigenvalue weighted by Crippen LogP contribution is 2.56. The lowest BCUT2D eigenvalue weighted by Gasteiger charge is -2.34. The summed E-state index contributed by atoms with van der Waals surface area (Å²) in [5.41, 5.74) is 7.64. The number of fused-ring (bicyclic) bond motifs is 3. The summed E-state index contributed by atoms with van der Waals surface area (Å²) in [6, 6.07) is 28.6. The van der Waals surface area contributed by atoms with Gasteiger partial charge in [-0.05, 0) is 47.2 Å². The third-order valence-electron chi connectivity index (χ3n) is 5.41. The predicted molar refractivity (Wildman–Crippen MR) is 116 cm³/mol. The summed E-state index contributed by atoms with van der Waals surface area (Å²) < 4.78 is 0. The molecule has 27 heavy (non-hydrogen) atoms. The Balaban J connectivity index is 2.18. The van der Waals surface area contributed by atoms with Gasteiger partial charge in [0.05, 0.1) is 5.41 Å². The van der Waals surface area contributed by atoms with Crippen molar-refractivity contribution in [1.82, 2.24) is 0 Å². The zero-order valence-electron chi connectivity index (χ0n) is 15.9. The normalized spacial score (nSPS) is 15.3. The number of benzene rings is 3. The van der Waals surface area contributed by atoms with Gasteiger partial charge in [-0.2, -0.15) is 0 Å². The van der Waals surface area contributed by atoms with Crippen LogP contribution in [0, 0.1) is 0 Å². The van der Waals surface area contributed by atoms with E-state index >= 15 is 0 Å². The summed E-state index contributed by atoms with van der Waals surface area (Å²) in [6.07, 6.45) is 10.9. The molecule has 0 spiro atoms. The SMILES string of the molecule is C\C=C/C=C(\C=C/C)C1(c2ccccc2)c2ccccc2-c2ccccc21. The van der Waals surface area contributed by atoms with Crippen LogP contribution >= 0.6 is 0 Å². The maximum Gasteiger partial charge on any atom is 0.0713 e. The number of hydrogen-bond acceptors (Lipinski definition) is 0. The summed E-state index contributed by atoms with van der Waals surface area (Å²) in [5, 5.41) is 0. The fourth-order valence-electron chi connectivity index (χ4n) is 4.40. The van der Waals surface area contributed by atoms with Gasteiger partial charge < -0.3 is 0 Å². The predicted octanol–water partition coefficient (Wildman–Crippen LogP) is 7.08. The van der Waals surface area contributed by atoms with E-state index in [2.05, 4.69) is 123 Å². The van der Waals surface area contributed by atoms with Gasteiger partial charge >= 0.3 is 0 Å². The number of rotatable bonds is 4. The van der Waals surface area contributed by atoms with Crippen LogP contribution in [0.3, 0.4) is 0 Å². The Morgan fingerprint density at radius 1 is 0.667 bits per heavy atom. The Hall–Kier alpha value is -3.12. The molecule has 0 amide bonds. The molecule has 0 heteroatoms. The Kier molecular flexibility index (Phi) is 4.64. The molecule has 0 fully saturated rings.